The third-order valence-corrected chi connectivity index (χ3v) is 6.67. The number of hydrogen-bond donors (Lipinski definition) is 1. The van der Waals surface area contributed by atoms with E-state index in [4.69, 9.17) is 4.74 Å². The van der Waals surface area contributed by atoms with Crippen LogP contribution in [-0.2, 0) is 17.7 Å². The highest BCUT2D eigenvalue weighted by Gasteiger charge is 2.17. The fourth-order valence-electron chi connectivity index (χ4n) is 3.12. The van der Waals surface area contributed by atoms with Crippen molar-refractivity contribution in [2.75, 3.05) is 31.3 Å². The summed E-state index contributed by atoms with van der Waals surface area (Å²) in [4.78, 5) is 12.8. The molecule has 2 aromatic heterocycles. The Morgan fingerprint density at radius 3 is 2.79 bits per heavy atom. The number of aromatic nitrogens is 3. The summed E-state index contributed by atoms with van der Waals surface area (Å²) in [6, 6.07) is 12.4. The molecule has 0 aliphatic carbocycles. The zero-order chi connectivity index (χ0) is 20.6. The van der Waals surface area contributed by atoms with Crippen molar-refractivity contribution in [3.63, 3.8) is 0 Å². The van der Waals surface area contributed by atoms with Crippen molar-refractivity contribution in [3.05, 3.63) is 58.9 Å². The first-order chi connectivity index (χ1) is 14.1. The van der Waals surface area contributed by atoms with Gasteiger partial charge in [-0.25, -0.2) is 0 Å². The van der Waals surface area contributed by atoms with Crippen LogP contribution in [0.4, 0.5) is 5.13 Å². The van der Waals surface area contributed by atoms with Gasteiger partial charge in [0, 0.05) is 37.2 Å². The van der Waals surface area contributed by atoms with E-state index >= 15 is 0 Å². The molecule has 3 aromatic rings. The summed E-state index contributed by atoms with van der Waals surface area (Å²) < 4.78 is 8.02. The fraction of sp³-hybridized carbons (Fsp3) is 0.381. The maximum Gasteiger partial charge on any atom is 0.206 e. The number of ether oxygens (including phenoxy) is 1. The van der Waals surface area contributed by atoms with Gasteiger partial charge in [-0.3, -0.25) is 4.79 Å². The highest BCUT2D eigenvalue weighted by atomic mass is 32.2. The fourth-order valence-corrected chi connectivity index (χ4v) is 4.78. The highest BCUT2D eigenvalue weighted by Crippen LogP contribution is 2.27. The summed E-state index contributed by atoms with van der Waals surface area (Å²) in [5.74, 6) is 0.480. The minimum atomic E-state index is 0.123. The van der Waals surface area contributed by atoms with Gasteiger partial charge in [0.2, 0.25) is 5.13 Å². The molecule has 2 heterocycles. The number of Topliss-reactive ketones (excluding diaryl/α,β-unsaturated/α-hetero) is 1. The van der Waals surface area contributed by atoms with Crippen molar-refractivity contribution in [1.29, 1.82) is 0 Å². The van der Waals surface area contributed by atoms with Crippen LogP contribution in [0.3, 0.4) is 0 Å². The number of carbonyl (C=O) groups is 1. The van der Waals surface area contributed by atoms with Crippen LogP contribution in [0.2, 0.25) is 0 Å². The SMILES string of the molecule is COCCNc1nnc(SCC(=O)c2cc(C)n(CCc3ccccc3)c2C)s1. The van der Waals surface area contributed by atoms with Gasteiger partial charge in [0.15, 0.2) is 10.1 Å². The molecule has 0 bridgehead atoms. The van der Waals surface area contributed by atoms with Gasteiger partial charge in [0.25, 0.3) is 0 Å². The molecular weight excluding hydrogens is 404 g/mol. The van der Waals surface area contributed by atoms with E-state index in [9.17, 15) is 4.79 Å². The van der Waals surface area contributed by atoms with Gasteiger partial charge in [0.05, 0.1) is 12.4 Å². The van der Waals surface area contributed by atoms with Crippen LogP contribution in [-0.4, -0.2) is 46.6 Å². The standard InChI is InChI=1S/C21H26N4O2S2/c1-15-13-18(16(2)25(15)11-9-17-7-5-4-6-8-17)19(26)14-28-21-24-23-20(29-21)22-10-12-27-3/h4-8,13H,9-12,14H2,1-3H3,(H,22,23). The number of methoxy groups -OCH3 is 1. The van der Waals surface area contributed by atoms with Crippen molar-refractivity contribution >= 4 is 34.0 Å². The number of nitrogens with zero attached hydrogens (tertiary/aromatic N) is 3. The Balaban J connectivity index is 1.57. The Hall–Kier alpha value is -2.16. The molecule has 3 rings (SSSR count). The molecule has 0 saturated heterocycles. The predicted molar refractivity (Wildman–Crippen MR) is 119 cm³/mol. The van der Waals surface area contributed by atoms with Crippen LogP contribution in [0.15, 0.2) is 40.7 Å². The molecule has 0 radical (unpaired) electrons. The Kier molecular flexibility index (Phi) is 7.85. The Bertz CT molecular complexity index is 938. The number of thioether (sulfide) groups is 1. The van der Waals surface area contributed by atoms with E-state index in [1.54, 1.807) is 7.11 Å². The minimum Gasteiger partial charge on any atom is -0.383 e. The molecule has 0 saturated carbocycles. The second-order valence-corrected chi connectivity index (χ2v) is 8.88. The van der Waals surface area contributed by atoms with Crippen LogP contribution >= 0.6 is 23.1 Å². The second-order valence-electron chi connectivity index (χ2n) is 6.68. The summed E-state index contributed by atoms with van der Waals surface area (Å²) >= 11 is 2.89. The molecule has 8 heteroatoms. The number of benzene rings is 1. The van der Waals surface area contributed by atoms with Crippen LogP contribution in [0.25, 0.3) is 0 Å². The number of rotatable bonds is 11. The van der Waals surface area contributed by atoms with Crippen molar-refractivity contribution < 1.29 is 9.53 Å². The van der Waals surface area contributed by atoms with E-state index in [1.807, 2.05) is 19.1 Å². The summed E-state index contributed by atoms with van der Waals surface area (Å²) in [5, 5.41) is 12.1. The largest absolute Gasteiger partial charge is 0.383 e. The van der Waals surface area contributed by atoms with Gasteiger partial charge < -0.3 is 14.6 Å². The van der Waals surface area contributed by atoms with Gasteiger partial charge in [0.1, 0.15) is 0 Å². The highest BCUT2D eigenvalue weighted by molar-refractivity contribution is 8.01. The number of carbonyl (C=O) groups excluding carboxylic acids is 1. The Morgan fingerprint density at radius 1 is 1.24 bits per heavy atom. The molecule has 0 amide bonds. The molecule has 1 N–H and O–H groups in total. The third kappa shape index (κ3) is 5.91. The summed E-state index contributed by atoms with van der Waals surface area (Å²) in [7, 11) is 1.66. The third-order valence-electron chi connectivity index (χ3n) is 4.66. The first kappa shape index (κ1) is 21.5. The lowest BCUT2D eigenvalue weighted by Gasteiger charge is -2.10. The summed E-state index contributed by atoms with van der Waals surface area (Å²) in [5.41, 5.74) is 4.25. The molecule has 6 nitrogen and oxygen atoms in total. The first-order valence-corrected chi connectivity index (χ1v) is 11.3. The monoisotopic (exact) mass is 430 g/mol. The zero-order valence-electron chi connectivity index (χ0n) is 17.0. The zero-order valence-corrected chi connectivity index (χ0v) is 18.6. The molecule has 0 unspecified atom stereocenters. The van der Waals surface area contributed by atoms with Gasteiger partial charge in [-0.15, -0.1) is 10.2 Å². The van der Waals surface area contributed by atoms with Crippen molar-refractivity contribution in [1.82, 2.24) is 14.8 Å². The van der Waals surface area contributed by atoms with Crippen molar-refractivity contribution in [2.24, 2.45) is 0 Å². The van der Waals surface area contributed by atoms with E-state index in [0.717, 1.165) is 39.4 Å². The molecule has 0 spiro atoms. The number of hydrogen-bond acceptors (Lipinski definition) is 7. The minimum absolute atomic E-state index is 0.123. The molecule has 154 valence electrons. The lowest BCUT2D eigenvalue weighted by Crippen LogP contribution is -2.08. The number of ketones is 1. The average molecular weight is 431 g/mol. The lowest BCUT2D eigenvalue weighted by molar-refractivity contribution is 0.102. The van der Waals surface area contributed by atoms with E-state index in [-0.39, 0.29) is 5.78 Å². The van der Waals surface area contributed by atoms with Crippen LogP contribution in [0.5, 0.6) is 0 Å². The summed E-state index contributed by atoms with van der Waals surface area (Å²) in [6.07, 6.45) is 0.948. The van der Waals surface area contributed by atoms with Crippen LogP contribution in [0, 0.1) is 13.8 Å². The van der Waals surface area contributed by atoms with Gasteiger partial charge in [-0.1, -0.05) is 53.4 Å². The Labute approximate surface area is 179 Å². The Morgan fingerprint density at radius 2 is 2.03 bits per heavy atom. The quantitative estimate of drug-likeness (QED) is 0.279. The topological polar surface area (TPSA) is 69.0 Å². The average Bonchev–Trinajstić information content (AvgIpc) is 3.30. The molecule has 1 aromatic carbocycles. The number of nitrogens with one attached hydrogen (secondary N) is 1. The second kappa shape index (κ2) is 10.6. The van der Waals surface area contributed by atoms with Gasteiger partial charge in [-0.05, 0) is 31.9 Å². The lowest BCUT2D eigenvalue weighted by atomic mass is 10.1. The molecule has 0 fully saturated rings. The number of anilines is 1. The normalized spacial score (nSPS) is 11.0. The maximum atomic E-state index is 12.8. The molecule has 0 aliphatic heterocycles. The smallest absolute Gasteiger partial charge is 0.206 e. The van der Waals surface area contributed by atoms with E-state index < -0.39 is 0 Å². The van der Waals surface area contributed by atoms with Gasteiger partial charge in [-0.2, -0.15) is 0 Å². The van der Waals surface area contributed by atoms with E-state index in [1.165, 1.54) is 28.7 Å². The van der Waals surface area contributed by atoms with E-state index in [0.29, 0.717) is 18.9 Å². The van der Waals surface area contributed by atoms with Crippen molar-refractivity contribution in [3.8, 4) is 0 Å². The molecule has 0 aliphatic rings. The van der Waals surface area contributed by atoms with Crippen molar-refractivity contribution in [2.45, 2.75) is 31.2 Å². The van der Waals surface area contributed by atoms with Gasteiger partial charge >= 0.3 is 0 Å². The first-order valence-electron chi connectivity index (χ1n) is 9.51. The van der Waals surface area contributed by atoms with E-state index in [2.05, 4.69) is 51.3 Å². The molecule has 0 atom stereocenters. The number of aryl methyl sites for hydroxylation is 2. The maximum absolute atomic E-state index is 12.8. The van der Waals surface area contributed by atoms with Crippen LogP contribution < -0.4 is 5.32 Å². The van der Waals surface area contributed by atoms with Crippen LogP contribution in [0.1, 0.15) is 27.3 Å². The molecule has 29 heavy (non-hydrogen) atoms. The predicted octanol–water partition coefficient (Wildman–Crippen LogP) is 4.23. The summed E-state index contributed by atoms with van der Waals surface area (Å²) in [6.45, 7) is 6.25. The molecular formula is C21H26N4O2S2.